The van der Waals surface area contributed by atoms with Gasteiger partial charge in [0, 0.05) is 62.0 Å². The minimum atomic E-state index is -0.549. The van der Waals surface area contributed by atoms with Crippen molar-refractivity contribution in [3.05, 3.63) is 100 Å². The van der Waals surface area contributed by atoms with Gasteiger partial charge in [-0.1, -0.05) is 36.4 Å². The molecule has 14 heteroatoms. The number of nitrogens with zero attached hydrogens (tertiary/aromatic N) is 2. The fourth-order valence-electron chi connectivity index (χ4n) is 6.36. The van der Waals surface area contributed by atoms with Gasteiger partial charge in [0.15, 0.2) is 41.6 Å². The molecule has 1 saturated heterocycles. The molecule has 2 heterocycles. The minimum absolute atomic E-state index is 0.0422. The number of rotatable bonds is 16. The lowest BCUT2D eigenvalue weighted by Gasteiger charge is -2.35. The van der Waals surface area contributed by atoms with Crippen molar-refractivity contribution in [3.8, 4) is 51.6 Å². The Morgan fingerprint density at radius 1 is 0.768 bits per heavy atom. The quantitative estimate of drug-likeness (QED) is 0.127. The highest BCUT2D eigenvalue weighted by Gasteiger charge is 2.25. The summed E-state index contributed by atoms with van der Waals surface area (Å²) >= 11 is 0. The molecule has 0 aliphatic carbocycles. The van der Waals surface area contributed by atoms with Crippen molar-refractivity contribution in [1.29, 1.82) is 0 Å². The lowest BCUT2D eigenvalue weighted by molar-refractivity contribution is -0.145. The molecule has 1 aromatic heterocycles. The molecule has 5 aromatic rings. The third-order valence-corrected chi connectivity index (χ3v) is 9.17. The number of ether oxygens (including phenoxy) is 7. The number of aromatic hydroxyl groups is 1. The number of methoxy groups -OCH3 is 3. The van der Waals surface area contributed by atoms with Crippen LogP contribution in [0.1, 0.15) is 18.1 Å². The summed E-state index contributed by atoms with van der Waals surface area (Å²) in [5.41, 5.74) is 1.98. The fourth-order valence-corrected chi connectivity index (χ4v) is 6.36. The summed E-state index contributed by atoms with van der Waals surface area (Å²) in [7, 11) is 4.64. The zero-order valence-corrected chi connectivity index (χ0v) is 31.7. The Bertz CT molecular complexity index is 2210. The average molecular weight is 769 g/mol. The predicted octanol–water partition coefficient (Wildman–Crippen LogP) is 5.44. The highest BCUT2D eigenvalue weighted by Crippen LogP contribution is 2.41. The molecule has 0 bridgehead atoms. The van der Waals surface area contributed by atoms with Crippen LogP contribution in [0.3, 0.4) is 0 Å². The average Bonchev–Trinajstić information content (AvgIpc) is 3.21. The molecule has 6 rings (SSSR count). The molecule has 14 nitrogen and oxygen atoms in total. The largest absolute Gasteiger partial charge is 0.507 e. The Balaban J connectivity index is 1.07. The van der Waals surface area contributed by atoms with Crippen molar-refractivity contribution in [2.24, 2.45) is 0 Å². The Hall–Kier alpha value is -6.41. The van der Waals surface area contributed by atoms with Gasteiger partial charge in [-0.2, -0.15) is 0 Å². The lowest BCUT2D eigenvalue weighted by atomic mass is 10.1. The molecule has 56 heavy (non-hydrogen) atoms. The Labute approximate surface area is 323 Å². The van der Waals surface area contributed by atoms with Gasteiger partial charge < -0.3 is 47.6 Å². The van der Waals surface area contributed by atoms with Crippen molar-refractivity contribution in [2.75, 3.05) is 67.3 Å². The van der Waals surface area contributed by atoms with Gasteiger partial charge in [-0.15, -0.1) is 0 Å². The van der Waals surface area contributed by atoms with Crippen LogP contribution in [-0.2, 0) is 27.5 Å². The Morgan fingerprint density at radius 2 is 1.52 bits per heavy atom. The second kappa shape index (κ2) is 18.3. The molecule has 0 saturated carbocycles. The number of fused-ring (bicyclic) bond motifs is 1. The van der Waals surface area contributed by atoms with Crippen LogP contribution in [-0.4, -0.2) is 94.1 Å². The van der Waals surface area contributed by atoms with Crippen molar-refractivity contribution in [1.82, 2.24) is 9.80 Å². The van der Waals surface area contributed by atoms with E-state index in [2.05, 4.69) is 4.90 Å². The smallest absolute Gasteiger partial charge is 0.344 e. The number of amides is 1. The van der Waals surface area contributed by atoms with Gasteiger partial charge in [0.1, 0.15) is 34.8 Å². The third-order valence-electron chi connectivity index (χ3n) is 9.17. The van der Waals surface area contributed by atoms with Gasteiger partial charge in [0.05, 0.1) is 27.9 Å². The summed E-state index contributed by atoms with van der Waals surface area (Å²) in [5, 5.41) is 10.7. The summed E-state index contributed by atoms with van der Waals surface area (Å²) in [6, 6.07) is 22.5. The number of esters is 1. The molecule has 0 spiro atoms. The van der Waals surface area contributed by atoms with Crippen molar-refractivity contribution in [2.45, 2.75) is 20.1 Å². The lowest BCUT2D eigenvalue weighted by Crippen LogP contribution is -2.49. The SMILES string of the molecule is CCOC(=O)COc1cc(-c2cc(=O)c3c(O)cc(OCC(=O)N4CCN(Cc5ccc(OCc6ccccc6)c(OC)c5OC)CC4)cc3o2)ccc1OC. The van der Waals surface area contributed by atoms with Crippen LogP contribution in [0.25, 0.3) is 22.3 Å². The highest BCUT2D eigenvalue weighted by atomic mass is 16.6. The first-order chi connectivity index (χ1) is 27.2. The van der Waals surface area contributed by atoms with Crippen LogP contribution in [0.5, 0.6) is 40.2 Å². The van der Waals surface area contributed by atoms with Crippen LogP contribution in [0.15, 0.2) is 88.1 Å². The van der Waals surface area contributed by atoms with Gasteiger partial charge in [-0.05, 0) is 36.8 Å². The van der Waals surface area contributed by atoms with Crippen LogP contribution < -0.4 is 33.8 Å². The number of carbonyl (C=O) groups is 2. The third kappa shape index (κ3) is 9.27. The normalized spacial score (nSPS) is 12.9. The number of hydrogen-bond donors (Lipinski definition) is 1. The number of carbonyl (C=O) groups excluding carboxylic acids is 2. The monoisotopic (exact) mass is 768 g/mol. The van der Waals surface area contributed by atoms with Gasteiger partial charge in [-0.3, -0.25) is 14.5 Å². The molecule has 0 atom stereocenters. The first-order valence-corrected chi connectivity index (χ1v) is 18.0. The second-order valence-electron chi connectivity index (χ2n) is 12.8. The second-order valence-corrected chi connectivity index (χ2v) is 12.8. The summed E-state index contributed by atoms with van der Waals surface area (Å²) in [5.74, 6) is 1.48. The van der Waals surface area contributed by atoms with Crippen molar-refractivity contribution < 1.29 is 52.3 Å². The molecule has 1 N–H and O–H groups in total. The van der Waals surface area contributed by atoms with E-state index in [1.165, 1.54) is 25.3 Å². The van der Waals surface area contributed by atoms with E-state index in [1.54, 1.807) is 44.2 Å². The van der Waals surface area contributed by atoms with E-state index in [1.807, 2.05) is 42.5 Å². The zero-order chi connectivity index (χ0) is 39.6. The standard InChI is InChI=1S/C42H44N2O12/c1-5-52-39(48)26-55-36-19-28(11-13-33(36)49-2)35-22-32(46)40-31(45)20-30(21-37(40)56-35)53-25-38(47)44-17-15-43(16-18-44)23-29-12-14-34(42(51-4)41(29)50-3)54-24-27-9-7-6-8-10-27/h6-14,19-22,45H,5,15-18,23-26H2,1-4H3. The predicted molar refractivity (Wildman–Crippen MR) is 206 cm³/mol. The first-order valence-electron chi connectivity index (χ1n) is 18.0. The van der Waals surface area contributed by atoms with Crippen molar-refractivity contribution >= 4 is 22.8 Å². The van der Waals surface area contributed by atoms with E-state index in [-0.39, 0.29) is 59.7 Å². The van der Waals surface area contributed by atoms with E-state index in [0.29, 0.717) is 67.9 Å². The van der Waals surface area contributed by atoms with Gasteiger partial charge >= 0.3 is 5.97 Å². The van der Waals surface area contributed by atoms with E-state index in [4.69, 9.17) is 37.6 Å². The van der Waals surface area contributed by atoms with Crippen LogP contribution >= 0.6 is 0 Å². The summed E-state index contributed by atoms with van der Waals surface area (Å²) in [4.78, 5) is 42.1. The maximum absolute atomic E-state index is 13.2. The molecular formula is C42H44N2O12. The highest BCUT2D eigenvalue weighted by molar-refractivity contribution is 5.86. The van der Waals surface area contributed by atoms with Crippen LogP contribution in [0.2, 0.25) is 0 Å². The topological polar surface area (TPSA) is 156 Å². The zero-order valence-electron chi connectivity index (χ0n) is 31.7. The Kier molecular flexibility index (Phi) is 12.8. The van der Waals surface area contributed by atoms with Crippen molar-refractivity contribution in [3.63, 3.8) is 0 Å². The van der Waals surface area contributed by atoms with Gasteiger partial charge in [-0.25, -0.2) is 4.79 Å². The fraction of sp³-hybridized carbons (Fsp3) is 0.310. The van der Waals surface area contributed by atoms with E-state index in [9.17, 15) is 19.5 Å². The van der Waals surface area contributed by atoms with Crippen LogP contribution in [0, 0.1) is 0 Å². The molecule has 1 amide bonds. The summed E-state index contributed by atoms with van der Waals surface area (Å²) in [6.07, 6.45) is 0. The summed E-state index contributed by atoms with van der Waals surface area (Å²) in [6.45, 7) is 4.45. The molecule has 294 valence electrons. The number of hydrogen-bond acceptors (Lipinski definition) is 13. The minimum Gasteiger partial charge on any atom is -0.507 e. The summed E-state index contributed by atoms with van der Waals surface area (Å²) < 4.78 is 45.2. The van der Waals surface area contributed by atoms with E-state index >= 15 is 0 Å². The van der Waals surface area contributed by atoms with Gasteiger partial charge in [0.25, 0.3) is 5.91 Å². The number of phenols is 1. The van der Waals surface area contributed by atoms with E-state index in [0.717, 1.165) is 11.1 Å². The molecule has 0 unspecified atom stereocenters. The number of benzene rings is 4. The molecule has 4 aromatic carbocycles. The van der Waals surface area contributed by atoms with Gasteiger partial charge in [0.2, 0.25) is 5.75 Å². The number of piperazine rings is 1. The maximum Gasteiger partial charge on any atom is 0.344 e. The molecule has 1 fully saturated rings. The molecule has 0 radical (unpaired) electrons. The molecular weight excluding hydrogens is 724 g/mol. The molecule has 1 aliphatic heterocycles. The molecule has 1 aliphatic rings. The Morgan fingerprint density at radius 3 is 2.23 bits per heavy atom. The maximum atomic E-state index is 13.2. The van der Waals surface area contributed by atoms with Crippen LogP contribution in [0.4, 0.5) is 0 Å². The number of phenolic OH excluding ortho intramolecular Hbond substituents is 1. The first kappa shape index (κ1) is 39.3. The van der Waals surface area contributed by atoms with E-state index < -0.39 is 11.4 Å².